The lowest BCUT2D eigenvalue weighted by Gasteiger charge is -2.22. The van der Waals surface area contributed by atoms with Crippen LogP contribution in [0, 0.1) is 18.8 Å². The van der Waals surface area contributed by atoms with E-state index in [0.717, 1.165) is 24.1 Å². The summed E-state index contributed by atoms with van der Waals surface area (Å²) in [4.78, 5) is 27.5. The average molecular weight is 376 g/mol. The van der Waals surface area contributed by atoms with Crippen LogP contribution in [-0.2, 0) is 19.1 Å². The van der Waals surface area contributed by atoms with Gasteiger partial charge in [0.2, 0.25) is 5.91 Å². The number of hydrogen-bond acceptors (Lipinski definition) is 4. The van der Waals surface area contributed by atoms with Gasteiger partial charge in [0.15, 0.2) is 0 Å². The van der Waals surface area contributed by atoms with Gasteiger partial charge >= 0.3 is 5.97 Å². The Balaban J connectivity index is 1.60. The number of halogens is 1. The van der Waals surface area contributed by atoms with E-state index < -0.39 is 17.4 Å². The summed E-state index contributed by atoms with van der Waals surface area (Å²) in [6, 6.07) is 5.51. The Morgan fingerprint density at radius 1 is 1.46 bits per heavy atom. The summed E-state index contributed by atoms with van der Waals surface area (Å²) in [6.45, 7) is 4.74. The monoisotopic (exact) mass is 375 g/mol. The number of esters is 1. The van der Waals surface area contributed by atoms with E-state index in [-0.39, 0.29) is 18.0 Å². The molecule has 1 aromatic carbocycles. The van der Waals surface area contributed by atoms with Gasteiger partial charge < -0.3 is 14.4 Å². The number of aryl methyl sites for hydroxylation is 1. The first kappa shape index (κ1) is 17.6. The maximum atomic E-state index is 13.2. The number of nitrogens with zero attached hydrogens (tertiary/aromatic N) is 1. The molecule has 0 saturated carbocycles. The van der Waals surface area contributed by atoms with Gasteiger partial charge in [-0.3, -0.25) is 9.59 Å². The van der Waals surface area contributed by atoms with Crippen LogP contribution in [0.1, 0.15) is 25.3 Å². The zero-order valence-corrected chi connectivity index (χ0v) is 15.7. The highest BCUT2D eigenvalue weighted by molar-refractivity contribution is 6.31. The molecule has 2 saturated heterocycles. The number of unbranched alkanes of at least 4 members (excludes halogenated alkanes) is 1. The highest BCUT2D eigenvalue weighted by atomic mass is 35.5. The second-order valence-electron chi connectivity index (χ2n) is 7.28. The quantitative estimate of drug-likeness (QED) is 0.450. The lowest BCUT2D eigenvalue weighted by molar-refractivity contribution is -0.152. The molecule has 0 radical (unpaired) electrons. The molecule has 1 aromatic rings. The third-order valence-corrected chi connectivity index (χ3v) is 5.99. The summed E-state index contributed by atoms with van der Waals surface area (Å²) in [5.74, 6) is -1.51. The van der Waals surface area contributed by atoms with Crippen molar-refractivity contribution in [3.63, 3.8) is 0 Å². The molecule has 26 heavy (non-hydrogen) atoms. The van der Waals surface area contributed by atoms with Crippen molar-refractivity contribution in [1.29, 1.82) is 0 Å². The second-order valence-corrected chi connectivity index (χ2v) is 7.69. The smallest absolute Gasteiger partial charge is 0.312 e. The summed E-state index contributed by atoms with van der Waals surface area (Å²) >= 11 is 6.11. The van der Waals surface area contributed by atoms with Gasteiger partial charge in [0.05, 0.1) is 25.2 Å². The summed E-state index contributed by atoms with van der Waals surface area (Å²) in [6.07, 6.45) is 5.24. The first-order chi connectivity index (χ1) is 12.5. The molecule has 3 aliphatic rings. The standard InChI is InChI=1S/C20H22ClNO4/c1-3-4-9-25-19(24)16-15-7-8-20(26-15)11-22(18(23)17(16)20)13-5-6-14(21)12(2)10-13/h5-8,10,15-17H,3-4,9,11H2,1-2H3/t15-,16-,17-,20+/m0/s1. The molecule has 2 fully saturated rings. The number of rotatable bonds is 5. The van der Waals surface area contributed by atoms with Crippen LogP contribution in [0.3, 0.4) is 0 Å². The van der Waals surface area contributed by atoms with Gasteiger partial charge in [0.1, 0.15) is 11.5 Å². The highest BCUT2D eigenvalue weighted by Crippen LogP contribution is 2.53. The van der Waals surface area contributed by atoms with Gasteiger partial charge in [-0.25, -0.2) is 0 Å². The molecule has 4 rings (SSSR count). The Labute approximate surface area is 157 Å². The fraction of sp³-hybridized carbons (Fsp3) is 0.500. The Hall–Kier alpha value is -1.85. The van der Waals surface area contributed by atoms with Crippen molar-refractivity contribution in [2.24, 2.45) is 11.8 Å². The minimum absolute atomic E-state index is 0.0870. The molecule has 0 aliphatic carbocycles. The van der Waals surface area contributed by atoms with Crippen molar-refractivity contribution in [1.82, 2.24) is 0 Å². The molecule has 5 nitrogen and oxygen atoms in total. The zero-order chi connectivity index (χ0) is 18.5. The Morgan fingerprint density at radius 3 is 3.00 bits per heavy atom. The van der Waals surface area contributed by atoms with Gasteiger partial charge in [-0.2, -0.15) is 0 Å². The van der Waals surface area contributed by atoms with Crippen molar-refractivity contribution >= 4 is 29.2 Å². The number of ether oxygens (including phenoxy) is 2. The lowest BCUT2D eigenvalue weighted by Crippen LogP contribution is -2.40. The van der Waals surface area contributed by atoms with E-state index in [1.54, 1.807) is 11.0 Å². The summed E-state index contributed by atoms with van der Waals surface area (Å²) in [5.41, 5.74) is 0.950. The number of carbonyl (C=O) groups excluding carboxylic acids is 2. The van der Waals surface area contributed by atoms with E-state index in [9.17, 15) is 9.59 Å². The van der Waals surface area contributed by atoms with E-state index in [1.165, 1.54) is 0 Å². The Bertz CT molecular complexity index is 792. The number of hydrogen-bond donors (Lipinski definition) is 0. The average Bonchev–Trinajstić information content (AvgIpc) is 3.26. The third-order valence-electron chi connectivity index (χ3n) is 5.57. The van der Waals surface area contributed by atoms with E-state index in [1.807, 2.05) is 38.1 Å². The van der Waals surface area contributed by atoms with Crippen LogP contribution in [0.15, 0.2) is 30.4 Å². The molecule has 0 N–H and O–H groups in total. The van der Waals surface area contributed by atoms with Gasteiger partial charge in [-0.1, -0.05) is 37.1 Å². The van der Waals surface area contributed by atoms with E-state index >= 15 is 0 Å². The van der Waals surface area contributed by atoms with Crippen molar-refractivity contribution in [3.05, 3.63) is 40.9 Å². The fourth-order valence-corrected chi connectivity index (χ4v) is 4.31. The largest absolute Gasteiger partial charge is 0.465 e. The van der Waals surface area contributed by atoms with E-state index in [0.29, 0.717) is 18.2 Å². The van der Waals surface area contributed by atoms with Crippen LogP contribution in [0.25, 0.3) is 0 Å². The third kappa shape index (κ3) is 2.57. The summed E-state index contributed by atoms with van der Waals surface area (Å²) in [7, 11) is 0. The fourth-order valence-electron chi connectivity index (χ4n) is 4.20. The predicted molar refractivity (Wildman–Crippen MR) is 98.1 cm³/mol. The minimum atomic E-state index is -0.732. The zero-order valence-electron chi connectivity index (χ0n) is 14.9. The van der Waals surface area contributed by atoms with E-state index in [2.05, 4.69) is 0 Å². The number of fused-ring (bicyclic) bond motifs is 1. The molecule has 0 aromatic heterocycles. The maximum absolute atomic E-state index is 13.2. The van der Waals surface area contributed by atoms with Gasteiger partial charge in [-0.15, -0.1) is 0 Å². The minimum Gasteiger partial charge on any atom is -0.465 e. The molecular weight excluding hydrogens is 354 g/mol. The molecule has 0 unspecified atom stereocenters. The predicted octanol–water partition coefficient (Wildman–Crippen LogP) is 3.28. The summed E-state index contributed by atoms with van der Waals surface area (Å²) in [5, 5.41) is 0.660. The van der Waals surface area contributed by atoms with Crippen molar-refractivity contribution in [2.45, 2.75) is 38.4 Å². The molecule has 4 atom stereocenters. The molecule has 138 valence electrons. The van der Waals surface area contributed by atoms with Gasteiger partial charge in [0.25, 0.3) is 0 Å². The molecule has 3 heterocycles. The van der Waals surface area contributed by atoms with Crippen molar-refractivity contribution < 1.29 is 19.1 Å². The molecule has 3 aliphatic heterocycles. The number of benzene rings is 1. The lowest BCUT2D eigenvalue weighted by atomic mass is 9.77. The van der Waals surface area contributed by atoms with Crippen molar-refractivity contribution in [3.8, 4) is 0 Å². The van der Waals surface area contributed by atoms with Crippen LogP contribution in [-0.4, -0.2) is 36.7 Å². The molecule has 1 amide bonds. The van der Waals surface area contributed by atoms with Crippen LogP contribution in [0.2, 0.25) is 5.02 Å². The molecular formula is C20H22ClNO4. The van der Waals surface area contributed by atoms with Crippen LogP contribution >= 0.6 is 11.6 Å². The number of anilines is 1. The molecule has 6 heteroatoms. The SMILES string of the molecule is CCCCOC(=O)[C@H]1[C@@H]2C=C[C@]3(CN(c4ccc(Cl)c(C)c4)C(=O)[C@H]13)O2. The van der Waals surface area contributed by atoms with Gasteiger partial charge in [-0.05, 0) is 37.1 Å². The van der Waals surface area contributed by atoms with Crippen LogP contribution in [0.5, 0.6) is 0 Å². The number of amides is 1. The number of carbonyl (C=O) groups is 2. The van der Waals surface area contributed by atoms with Gasteiger partial charge in [0, 0.05) is 10.7 Å². The first-order valence-electron chi connectivity index (χ1n) is 9.08. The summed E-state index contributed by atoms with van der Waals surface area (Å²) < 4.78 is 11.5. The normalized spacial score (nSPS) is 31.6. The van der Waals surface area contributed by atoms with Crippen LogP contribution in [0.4, 0.5) is 5.69 Å². The topological polar surface area (TPSA) is 55.8 Å². The first-order valence-corrected chi connectivity index (χ1v) is 9.46. The Morgan fingerprint density at radius 2 is 2.27 bits per heavy atom. The highest BCUT2D eigenvalue weighted by Gasteiger charge is 2.67. The Kier molecular flexibility index (Phi) is 4.32. The van der Waals surface area contributed by atoms with E-state index in [4.69, 9.17) is 21.1 Å². The molecule has 1 spiro atoms. The maximum Gasteiger partial charge on any atom is 0.312 e. The van der Waals surface area contributed by atoms with Crippen LogP contribution < -0.4 is 4.90 Å². The van der Waals surface area contributed by atoms with Crippen molar-refractivity contribution in [2.75, 3.05) is 18.1 Å². The molecule has 2 bridgehead atoms. The second kappa shape index (κ2) is 6.39.